The number of nitrogens with zero attached hydrogens (tertiary/aromatic N) is 2. The summed E-state index contributed by atoms with van der Waals surface area (Å²) in [7, 11) is 8.34. The Balaban J connectivity index is 2.83. The quantitative estimate of drug-likeness (QED) is 0.721. The van der Waals surface area contributed by atoms with Gasteiger partial charge in [0.2, 0.25) is 5.91 Å². The van der Waals surface area contributed by atoms with Gasteiger partial charge in [-0.1, -0.05) is 27.7 Å². The SMILES string of the molecule is CC(CC1(C)CC(C)(C)C[N+](C)(C)C1)C(=O)N(C)C. The zero-order chi connectivity index (χ0) is 15.1. The van der Waals surface area contributed by atoms with Crippen molar-refractivity contribution >= 4 is 5.91 Å². The summed E-state index contributed by atoms with van der Waals surface area (Å²) < 4.78 is 1.06. The molecule has 0 spiro atoms. The van der Waals surface area contributed by atoms with Gasteiger partial charge in [-0.2, -0.15) is 0 Å². The number of amides is 1. The maximum Gasteiger partial charge on any atom is 0.224 e. The summed E-state index contributed by atoms with van der Waals surface area (Å²) in [5, 5.41) is 0. The summed E-state index contributed by atoms with van der Waals surface area (Å²) in [5.74, 6) is 0.379. The minimum absolute atomic E-state index is 0.119. The van der Waals surface area contributed by atoms with Gasteiger partial charge in [0.15, 0.2) is 0 Å². The Morgan fingerprint density at radius 3 is 2.16 bits per heavy atom. The lowest BCUT2D eigenvalue weighted by molar-refractivity contribution is -0.910. The van der Waals surface area contributed by atoms with Gasteiger partial charge < -0.3 is 9.38 Å². The Morgan fingerprint density at radius 2 is 1.74 bits per heavy atom. The van der Waals surface area contributed by atoms with Gasteiger partial charge in [-0.05, 0) is 12.8 Å². The van der Waals surface area contributed by atoms with E-state index in [0.717, 1.165) is 10.9 Å². The molecular weight excluding hydrogens is 236 g/mol. The van der Waals surface area contributed by atoms with Crippen molar-refractivity contribution in [3.63, 3.8) is 0 Å². The second-order valence-electron chi connectivity index (χ2n) is 8.74. The fourth-order valence-corrected chi connectivity index (χ4v) is 4.92. The number of carbonyl (C=O) groups excluding carboxylic acids is 1. The van der Waals surface area contributed by atoms with Crippen LogP contribution < -0.4 is 0 Å². The summed E-state index contributed by atoms with van der Waals surface area (Å²) in [6.45, 7) is 11.6. The molecule has 19 heavy (non-hydrogen) atoms. The molecule has 3 heteroatoms. The summed E-state index contributed by atoms with van der Waals surface area (Å²) in [6.07, 6.45) is 2.21. The lowest BCUT2D eigenvalue weighted by atomic mass is 9.66. The molecule has 0 aliphatic carbocycles. The average Bonchev–Trinajstić information content (AvgIpc) is 2.08. The number of quaternary nitrogens is 1. The lowest BCUT2D eigenvalue weighted by Gasteiger charge is -2.51. The van der Waals surface area contributed by atoms with Gasteiger partial charge in [0.05, 0.1) is 27.2 Å². The molecule has 0 bridgehead atoms. The van der Waals surface area contributed by atoms with Crippen LogP contribution in [0.3, 0.4) is 0 Å². The molecule has 0 N–H and O–H groups in total. The lowest BCUT2D eigenvalue weighted by Crippen LogP contribution is -2.58. The van der Waals surface area contributed by atoms with E-state index in [0.29, 0.717) is 5.41 Å². The predicted octanol–water partition coefficient (Wildman–Crippen LogP) is 2.61. The smallest absolute Gasteiger partial charge is 0.224 e. The Bertz CT molecular complexity index is 329. The Kier molecular flexibility index (Phi) is 4.41. The summed E-state index contributed by atoms with van der Waals surface area (Å²) in [5.41, 5.74) is 0.619. The van der Waals surface area contributed by atoms with Crippen molar-refractivity contribution in [2.75, 3.05) is 41.3 Å². The van der Waals surface area contributed by atoms with Crippen LogP contribution in [0, 0.1) is 16.7 Å². The van der Waals surface area contributed by atoms with Crippen LogP contribution in [0.2, 0.25) is 0 Å². The highest BCUT2D eigenvalue weighted by Crippen LogP contribution is 2.45. The molecule has 1 amide bonds. The van der Waals surface area contributed by atoms with Crippen molar-refractivity contribution in [1.82, 2.24) is 4.90 Å². The summed E-state index contributed by atoms with van der Waals surface area (Å²) in [6, 6.07) is 0. The molecular formula is C16H33N2O+. The largest absolute Gasteiger partial charge is 0.349 e. The zero-order valence-corrected chi connectivity index (χ0v) is 14.2. The minimum atomic E-state index is 0.119. The molecule has 0 aromatic rings. The Hall–Kier alpha value is -0.570. The van der Waals surface area contributed by atoms with E-state index < -0.39 is 0 Å². The summed E-state index contributed by atoms with van der Waals surface area (Å²) >= 11 is 0. The topological polar surface area (TPSA) is 20.3 Å². The molecule has 1 aliphatic heterocycles. The second-order valence-corrected chi connectivity index (χ2v) is 8.74. The molecule has 0 aromatic carbocycles. The third-order valence-electron chi connectivity index (χ3n) is 4.23. The zero-order valence-electron chi connectivity index (χ0n) is 14.2. The highest BCUT2D eigenvalue weighted by atomic mass is 16.2. The van der Waals surface area contributed by atoms with E-state index >= 15 is 0 Å². The molecule has 1 rings (SSSR count). The molecule has 1 aliphatic rings. The van der Waals surface area contributed by atoms with E-state index in [9.17, 15) is 4.79 Å². The van der Waals surface area contributed by atoms with Crippen LogP contribution in [0.4, 0.5) is 0 Å². The van der Waals surface area contributed by atoms with E-state index in [1.807, 2.05) is 14.1 Å². The first-order valence-electron chi connectivity index (χ1n) is 7.39. The van der Waals surface area contributed by atoms with Gasteiger partial charge in [-0.15, -0.1) is 0 Å². The number of carbonyl (C=O) groups is 1. The normalized spacial score (nSPS) is 30.7. The molecule has 1 fully saturated rings. The van der Waals surface area contributed by atoms with Gasteiger partial charge in [-0.3, -0.25) is 4.79 Å². The standard InChI is InChI=1S/C16H33N2O/c1-13(14(19)17(5)6)9-16(4)10-15(2,3)11-18(7,8)12-16/h13H,9-12H2,1-8H3/q+1. The van der Waals surface area contributed by atoms with Crippen LogP contribution in [0.1, 0.15) is 40.5 Å². The first-order chi connectivity index (χ1) is 8.36. The van der Waals surface area contributed by atoms with E-state index in [4.69, 9.17) is 0 Å². The van der Waals surface area contributed by atoms with Crippen LogP contribution in [0.5, 0.6) is 0 Å². The second kappa shape index (κ2) is 5.08. The first-order valence-corrected chi connectivity index (χ1v) is 7.39. The molecule has 0 saturated carbocycles. The number of hydrogen-bond acceptors (Lipinski definition) is 1. The average molecular weight is 269 g/mol. The van der Waals surface area contributed by atoms with Gasteiger partial charge >= 0.3 is 0 Å². The van der Waals surface area contributed by atoms with Crippen LogP contribution >= 0.6 is 0 Å². The molecule has 2 unspecified atom stereocenters. The van der Waals surface area contributed by atoms with Crippen molar-refractivity contribution in [3.8, 4) is 0 Å². The van der Waals surface area contributed by atoms with E-state index in [1.165, 1.54) is 19.5 Å². The van der Waals surface area contributed by atoms with Gasteiger partial charge in [0.1, 0.15) is 0 Å². The number of rotatable bonds is 3. The van der Waals surface area contributed by atoms with E-state index in [2.05, 4.69) is 41.8 Å². The highest BCUT2D eigenvalue weighted by Gasteiger charge is 2.46. The number of likely N-dealkylation sites (tertiary alicyclic amines) is 1. The third kappa shape index (κ3) is 4.48. The van der Waals surface area contributed by atoms with Crippen LogP contribution in [0.25, 0.3) is 0 Å². The molecule has 1 saturated heterocycles. The fourth-order valence-electron chi connectivity index (χ4n) is 4.92. The van der Waals surface area contributed by atoms with Gasteiger partial charge in [-0.25, -0.2) is 0 Å². The Morgan fingerprint density at radius 1 is 1.21 bits per heavy atom. The maximum absolute atomic E-state index is 12.1. The first kappa shape index (κ1) is 16.5. The maximum atomic E-state index is 12.1. The molecule has 1 heterocycles. The van der Waals surface area contributed by atoms with Crippen molar-refractivity contribution in [2.24, 2.45) is 16.7 Å². The van der Waals surface area contributed by atoms with Crippen molar-refractivity contribution < 1.29 is 9.28 Å². The summed E-state index contributed by atoms with van der Waals surface area (Å²) in [4.78, 5) is 13.8. The van der Waals surface area contributed by atoms with E-state index in [1.54, 1.807) is 4.90 Å². The van der Waals surface area contributed by atoms with Gasteiger partial charge in [0, 0.05) is 30.8 Å². The molecule has 0 aromatic heterocycles. The van der Waals surface area contributed by atoms with Gasteiger partial charge in [0.25, 0.3) is 0 Å². The minimum Gasteiger partial charge on any atom is -0.349 e. The van der Waals surface area contributed by atoms with Crippen molar-refractivity contribution in [1.29, 1.82) is 0 Å². The molecule has 2 atom stereocenters. The van der Waals surface area contributed by atoms with E-state index in [-0.39, 0.29) is 17.2 Å². The molecule has 112 valence electrons. The van der Waals surface area contributed by atoms with Crippen LogP contribution in [-0.2, 0) is 4.79 Å². The highest BCUT2D eigenvalue weighted by molar-refractivity contribution is 5.77. The Labute approximate surface area is 119 Å². The third-order valence-corrected chi connectivity index (χ3v) is 4.23. The molecule has 0 radical (unpaired) electrons. The number of piperidine rings is 1. The van der Waals surface area contributed by atoms with Crippen LogP contribution in [-0.4, -0.2) is 56.6 Å². The fraction of sp³-hybridized carbons (Fsp3) is 0.938. The number of hydrogen-bond donors (Lipinski definition) is 0. The van der Waals surface area contributed by atoms with Crippen LogP contribution in [0.15, 0.2) is 0 Å². The molecule has 3 nitrogen and oxygen atoms in total. The van der Waals surface area contributed by atoms with Crippen molar-refractivity contribution in [2.45, 2.75) is 40.5 Å². The predicted molar refractivity (Wildman–Crippen MR) is 80.8 cm³/mol. The van der Waals surface area contributed by atoms with Crippen molar-refractivity contribution in [3.05, 3.63) is 0 Å². The monoisotopic (exact) mass is 269 g/mol.